The summed E-state index contributed by atoms with van der Waals surface area (Å²) in [4.78, 5) is 23.2. The molecule has 0 spiro atoms. The topological polar surface area (TPSA) is 162 Å². The van der Waals surface area contributed by atoms with Gasteiger partial charge in [0.05, 0.1) is 28.7 Å². The molecule has 0 saturated heterocycles. The van der Waals surface area contributed by atoms with Crippen LogP contribution in [-0.4, -0.2) is 44.2 Å². The van der Waals surface area contributed by atoms with Gasteiger partial charge in [-0.25, -0.2) is 0 Å². The van der Waals surface area contributed by atoms with Crippen molar-refractivity contribution in [3.05, 3.63) is 83.2 Å². The molecule has 2 atom stereocenters. The molecule has 0 N–H and O–H groups in total. The summed E-state index contributed by atoms with van der Waals surface area (Å²) in [5, 5.41) is 49.0. The number of Topliss-reactive ketones (excluding diaryl/α,β-unsaturated/α-hetero) is 1. The van der Waals surface area contributed by atoms with Crippen molar-refractivity contribution in [2.45, 2.75) is 11.2 Å². The predicted molar refractivity (Wildman–Crippen MR) is 106 cm³/mol. The molecular formula is C16H13BrN4O7S. The second-order valence-electron chi connectivity index (χ2n) is 6.28. The van der Waals surface area contributed by atoms with Gasteiger partial charge in [-0.1, -0.05) is 28.1 Å². The van der Waals surface area contributed by atoms with Crippen LogP contribution in [0.1, 0.15) is 27.7 Å². The Balaban J connectivity index is 2.23. The number of carbonyl (C=O) groups excluding carboxylic acids is 1. The average Bonchev–Trinajstić information content (AvgIpc) is 3.03. The van der Waals surface area contributed by atoms with Gasteiger partial charge < -0.3 is 15.6 Å². The fraction of sp³-hybridized carbons (Fsp3) is 0.250. The zero-order valence-electron chi connectivity index (χ0n) is 15.0. The Morgan fingerprint density at radius 3 is 2.41 bits per heavy atom. The standard InChI is InChI=1S/C16H13BrN4O7S/c1-29(2)16(15(22)8-3-5-9(17)6-4-8)12-10(19(23)24)7-11(20(25)26)13-14(12)21(27)28-18-13/h3-7,12,16H,1-2H3. The number of benzene rings is 1. The maximum Gasteiger partial charge on any atom is 0.318 e. The van der Waals surface area contributed by atoms with E-state index in [1.54, 1.807) is 36.8 Å². The Kier molecular flexibility index (Phi) is 5.61. The molecule has 1 aliphatic rings. The van der Waals surface area contributed by atoms with Gasteiger partial charge in [0.15, 0.2) is 5.92 Å². The van der Waals surface area contributed by atoms with Crippen molar-refractivity contribution < 1.29 is 24.2 Å². The molecule has 13 heteroatoms. The third-order valence-electron chi connectivity index (χ3n) is 4.39. The first kappa shape index (κ1) is 20.8. The minimum atomic E-state index is -1.36. The monoisotopic (exact) mass is 484 g/mol. The molecule has 1 aliphatic carbocycles. The minimum Gasteiger partial charge on any atom is -0.612 e. The number of hydrogen-bond donors (Lipinski definition) is 0. The lowest BCUT2D eigenvalue weighted by Crippen LogP contribution is -2.45. The van der Waals surface area contributed by atoms with Crippen molar-refractivity contribution in [1.29, 1.82) is 0 Å². The third kappa shape index (κ3) is 3.70. The maximum absolute atomic E-state index is 13.3. The average molecular weight is 485 g/mol. The van der Waals surface area contributed by atoms with E-state index in [2.05, 4.69) is 25.7 Å². The van der Waals surface area contributed by atoms with Crippen molar-refractivity contribution in [2.75, 3.05) is 12.5 Å². The van der Waals surface area contributed by atoms with Gasteiger partial charge >= 0.3 is 5.69 Å². The van der Waals surface area contributed by atoms with E-state index < -0.39 is 60.5 Å². The number of aromatic nitrogens is 2. The van der Waals surface area contributed by atoms with E-state index >= 15 is 0 Å². The van der Waals surface area contributed by atoms with Gasteiger partial charge in [0.2, 0.25) is 16.7 Å². The van der Waals surface area contributed by atoms with E-state index in [0.29, 0.717) is 5.56 Å². The van der Waals surface area contributed by atoms with Crippen molar-refractivity contribution >= 4 is 38.3 Å². The van der Waals surface area contributed by atoms with Crippen molar-refractivity contribution in [1.82, 2.24) is 5.16 Å². The summed E-state index contributed by atoms with van der Waals surface area (Å²) in [6, 6.07) is 6.41. The highest BCUT2D eigenvalue weighted by atomic mass is 79.9. The molecule has 0 amide bonds. The molecule has 3 rings (SSSR count). The minimum absolute atomic E-state index is 0.102. The molecule has 1 heterocycles. The van der Waals surface area contributed by atoms with Gasteiger partial charge in [-0.3, -0.25) is 19.5 Å². The quantitative estimate of drug-likeness (QED) is 0.201. The van der Waals surface area contributed by atoms with Crippen LogP contribution in [0.3, 0.4) is 0 Å². The van der Waals surface area contributed by atoms with Crippen LogP contribution in [0, 0.1) is 25.7 Å². The largest absolute Gasteiger partial charge is 0.612 e. The van der Waals surface area contributed by atoms with Gasteiger partial charge in [-0.2, -0.15) is 4.90 Å². The van der Waals surface area contributed by atoms with Crippen LogP contribution < -0.4 is 4.90 Å². The summed E-state index contributed by atoms with van der Waals surface area (Å²) >= 11 is 3.27. The molecule has 0 bridgehead atoms. The number of fused-ring (bicyclic) bond motifs is 1. The SMILES string of the molecule is C[S+](C)C(C(=O)c1ccc(Br)cc1)C1C([N+](=O)[O-])=CC(=[N+]([O-])[O-])c2no[n+]([O-])c21. The summed E-state index contributed by atoms with van der Waals surface area (Å²) in [5.74, 6) is -1.79. The molecule has 0 aliphatic heterocycles. The summed E-state index contributed by atoms with van der Waals surface area (Å²) in [5.41, 5.74) is -1.90. The van der Waals surface area contributed by atoms with E-state index in [1.807, 2.05) is 0 Å². The fourth-order valence-electron chi connectivity index (χ4n) is 3.15. The number of carbonyl (C=O) groups is 1. The van der Waals surface area contributed by atoms with Crippen LogP contribution >= 0.6 is 15.9 Å². The van der Waals surface area contributed by atoms with Crippen LogP contribution in [0.4, 0.5) is 0 Å². The predicted octanol–water partition coefficient (Wildman–Crippen LogP) is 1.25. The molecule has 1 aromatic heterocycles. The lowest BCUT2D eigenvalue weighted by atomic mass is 9.86. The highest BCUT2D eigenvalue weighted by molar-refractivity contribution is 9.10. The Labute approximate surface area is 174 Å². The van der Waals surface area contributed by atoms with E-state index in [0.717, 1.165) is 10.5 Å². The lowest BCUT2D eigenvalue weighted by Gasteiger charge is -2.22. The lowest BCUT2D eigenvalue weighted by molar-refractivity contribution is -0.808. The van der Waals surface area contributed by atoms with Crippen LogP contribution in [0.25, 0.3) is 0 Å². The Morgan fingerprint density at radius 1 is 1.28 bits per heavy atom. The molecule has 11 nitrogen and oxygen atoms in total. The molecule has 2 aromatic rings. The molecule has 29 heavy (non-hydrogen) atoms. The summed E-state index contributed by atoms with van der Waals surface area (Å²) < 4.78 is 5.24. The Bertz CT molecular complexity index is 1040. The van der Waals surface area contributed by atoms with Crippen molar-refractivity contribution in [2.24, 2.45) is 0 Å². The molecule has 152 valence electrons. The molecule has 1 aromatic carbocycles. The number of halogens is 1. The van der Waals surface area contributed by atoms with E-state index in [-0.39, 0.29) is 4.90 Å². The summed E-state index contributed by atoms with van der Waals surface area (Å²) in [6.07, 6.45) is 4.15. The highest BCUT2D eigenvalue weighted by Gasteiger charge is 2.56. The van der Waals surface area contributed by atoms with Crippen LogP contribution in [0.2, 0.25) is 0 Å². The second kappa shape index (κ2) is 7.83. The first-order valence-electron chi connectivity index (χ1n) is 7.97. The smallest absolute Gasteiger partial charge is 0.318 e. The first-order valence-corrected chi connectivity index (χ1v) is 10.9. The normalized spacial score (nSPS) is 16.9. The van der Waals surface area contributed by atoms with Gasteiger partial charge in [0.25, 0.3) is 11.4 Å². The van der Waals surface area contributed by atoms with Crippen LogP contribution in [0.5, 0.6) is 0 Å². The van der Waals surface area contributed by atoms with Crippen LogP contribution in [0.15, 0.2) is 45.1 Å². The number of hydrogen-bond acceptors (Lipinski definition) is 8. The van der Waals surface area contributed by atoms with Gasteiger partial charge in [0, 0.05) is 10.0 Å². The number of rotatable bonds is 5. The van der Waals surface area contributed by atoms with Crippen molar-refractivity contribution in [3.8, 4) is 0 Å². The Hall–Kier alpha value is -2.93. The molecule has 0 radical (unpaired) electrons. The number of nitrogens with zero attached hydrogens (tertiary/aromatic N) is 4. The molecular weight excluding hydrogens is 472 g/mol. The molecule has 0 saturated carbocycles. The zero-order chi connectivity index (χ0) is 21.5. The van der Waals surface area contributed by atoms with Crippen LogP contribution in [-0.2, 0) is 10.9 Å². The summed E-state index contributed by atoms with van der Waals surface area (Å²) in [7, 11) is -0.753. The Morgan fingerprint density at radius 2 is 1.90 bits per heavy atom. The van der Waals surface area contributed by atoms with Crippen molar-refractivity contribution in [3.63, 3.8) is 0 Å². The molecule has 2 unspecified atom stereocenters. The molecule has 0 fully saturated rings. The number of nitro groups is 1. The van der Waals surface area contributed by atoms with E-state index in [1.165, 1.54) is 0 Å². The van der Waals surface area contributed by atoms with Gasteiger partial charge in [0.1, 0.15) is 0 Å². The van der Waals surface area contributed by atoms with E-state index in [4.69, 9.17) is 0 Å². The zero-order valence-corrected chi connectivity index (χ0v) is 17.4. The number of allylic oxidation sites excluding steroid dienone is 2. The fourth-order valence-corrected chi connectivity index (χ4v) is 4.79. The summed E-state index contributed by atoms with van der Waals surface area (Å²) in [6.45, 7) is 0. The van der Waals surface area contributed by atoms with E-state index in [9.17, 15) is 30.5 Å². The number of ketones is 1. The second-order valence-corrected chi connectivity index (χ2v) is 9.46. The van der Waals surface area contributed by atoms with Gasteiger partial charge in [-0.15, -0.1) is 0 Å². The third-order valence-corrected chi connectivity index (χ3v) is 6.42. The highest BCUT2D eigenvalue weighted by Crippen LogP contribution is 2.37. The first-order chi connectivity index (χ1) is 13.6. The maximum atomic E-state index is 13.3. The van der Waals surface area contributed by atoms with Gasteiger partial charge in [-0.05, 0) is 27.9 Å².